The Morgan fingerprint density at radius 1 is 0.931 bits per heavy atom. The number of ketones is 1. The van der Waals surface area contributed by atoms with E-state index in [1.807, 2.05) is 12.1 Å². The van der Waals surface area contributed by atoms with Crippen molar-refractivity contribution < 1.29 is 23.5 Å². The van der Waals surface area contributed by atoms with Crippen LogP contribution in [0.15, 0.2) is 77.2 Å². The molecule has 0 fully saturated rings. The first kappa shape index (κ1) is 18.3. The summed E-state index contributed by atoms with van der Waals surface area (Å²) < 4.78 is 19.6. The van der Waals surface area contributed by atoms with E-state index in [1.165, 1.54) is 18.2 Å². The van der Waals surface area contributed by atoms with Gasteiger partial charge in [-0.3, -0.25) is 4.79 Å². The van der Waals surface area contributed by atoms with Crippen molar-refractivity contribution in [3.63, 3.8) is 0 Å². The van der Waals surface area contributed by atoms with Gasteiger partial charge in [-0.1, -0.05) is 36.4 Å². The molecule has 6 heteroatoms. The summed E-state index contributed by atoms with van der Waals surface area (Å²) in [4.78, 5) is 28.0. The summed E-state index contributed by atoms with van der Waals surface area (Å²) in [5.74, 6) is -2.69. The number of aromatic nitrogens is 1. The van der Waals surface area contributed by atoms with Gasteiger partial charge in [-0.05, 0) is 42.5 Å². The van der Waals surface area contributed by atoms with E-state index in [-0.39, 0.29) is 28.4 Å². The highest BCUT2D eigenvalue weighted by Gasteiger charge is 2.22. The van der Waals surface area contributed by atoms with Crippen LogP contribution in [0.5, 0.6) is 0 Å². The first-order valence-electron chi connectivity index (χ1n) is 8.73. The maximum Gasteiger partial charge on any atom is 0.377 e. The van der Waals surface area contributed by atoms with Crippen LogP contribution in [0.3, 0.4) is 0 Å². The summed E-state index contributed by atoms with van der Waals surface area (Å²) >= 11 is 0. The van der Waals surface area contributed by atoms with Crippen LogP contribution in [0.4, 0.5) is 4.39 Å². The highest BCUT2D eigenvalue weighted by atomic mass is 19.1. The van der Waals surface area contributed by atoms with Gasteiger partial charge in [0.2, 0.25) is 0 Å². The quantitative estimate of drug-likeness (QED) is 0.392. The molecular weight excluding hydrogens is 373 g/mol. The number of carbonyl (C=O) groups is 2. The topological polar surface area (TPSA) is 80.4 Å². The lowest BCUT2D eigenvalue weighted by molar-refractivity contribution is -0.146. The van der Waals surface area contributed by atoms with Crippen LogP contribution in [-0.2, 0) is 9.59 Å². The van der Waals surface area contributed by atoms with Crippen LogP contribution in [0, 0.1) is 5.82 Å². The molecule has 0 amide bonds. The first-order valence-corrected chi connectivity index (χ1v) is 8.73. The number of aliphatic carboxylic acids is 1. The van der Waals surface area contributed by atoms with Crippen molar-refractivity contribution in [2.24, 2.45) is 0 Å². The van der Waals surface area contributed by atoms with E-state index in [0.717, 1.165) is 5.39 Å². The Bertz CT molecular complexity index is 1270. The average Bonchev–Trinajstić information content (AvgIpc) is 3.20. The smallest absolute Gasteiger partial charge is 0.377 e. The lowest BCUT2D eigenvalue weighted by Gasteiger charge is -2.05. The molecule has 2 aromatic heterocycles. The summed E-state index contributed by atoms with van der Waals surface area (Å²) in [5, 5.41) is 10.1. The van der Waals surface area contributed by atoms with Gasteiger partial charge in [-0.15, -0.1) is 0 Å². The largest absolute Gasteiger partial charge is 0.475 e. The van der Waals surface area contributed by atoms with Crippen molar-refractivity contribution in [3.8, 4) is 11.3 Å². The molecule has 5 nitrogen and oxygen atoms in total. The van der Waals surface area contributed by atoms with Crippen LogP contribution < -0.4 is 0 Å². The summed E-state index contributed by atoms with van der Waals surface area (Å²) in [6.07, 6.45) is 1.30. The van der Waals surface area contributed by atoms with E-state index in [9.17, 15) is 19.1 Å². The maximum atomic E-state index is 14.0. The van der Waals surface area contributed by atoms with Crippen molar-refractivity contribution in [1.29, 1.82) is 0 Å². The highest BCUT2D eigenvalue weighted by molar-refractivity contribution is 6.52. The van der Waals surface area contributed by atoms with Gasteiger partial charge in [-0.2, -0.15) is 0 Å². The first-order chi connectivity index (χ1) is 14.0. The molecule has 1 N–H and O–H groups in total. The van der Waals surface area contributed by atoms with Crippen LogP contribution in [0.2, 0.25) is 0 Å². The van der Waals surface area contributed by atoms with E-state index >= 15 is 0 Å². The summed E-state index contributed by atoms with van der Waals surface area (Å²) in [7, 11) is 0. The van der Waals surface area contributed by atoms with Crippen LogP contribution >= 0.6 is 0 Å². The van der Waals surface area contributed by atoms with Crippen LogP contribution in [0.1, 0.15) is 11.5 Å². The molecular formula is C23H14FNO4. The number of rotatable bonds is 5. The highest BCUT2D eigenvalue weighted by Crippen LogP contribution is 2.27. The number of benzene rings is 2. The Morgan fingerprint density at radius 2 is 1.69 bits per heavy atom. The van der Waals surface area contributed by atoms with Crippen molar-refractivity contribution in [2.45, 2.75) is 0 Å². The molecule has 4 rings (SSSR count). The average molecular weight is 387 g/mol. The van der Waals surface area contributed by atoms with Crippen molar-refractivity contribution >= 4 is 34.3 Å². The molecule has 0 bridgehead atoms. The lowest BCUT2D eigenvalue weighted by atomic mass is 10.0. The van der Waals surface area contributed by atoms with Crippen molar-refractivity contribution in [1.82, 2.24) is 4.98 Å². The molecule has 0 aliphatic heterocycles. The van der Waals surface area contributed by atoms with Gasteiger partial charge < -0.3 is 9.52 Å². The zero-order valence-corrected chi connectivity index (χ0v) is 15.0. The van der Waals surface area contributed by atoms with E-state index in [2.05, 4.69) is 4.98 Å². The Morgan fingerprint density at radius 3 is 2.48 bits per heavy atom. The zero-order valence-electron chi connectivity index (χ0n) is 15.0. The summed E-state index contributed by atoms with van der Waals surface area (Å²) in [5.41, 5.74) is 0.972. The Balaban J connectivity index is 1.80. The Hall–Kier alpha value is -4.06. The van der Waals surface area contributed by atoms with E-state index in [1.54, 1.807) is 48.5 Å². The fourth-order valence-electron chi connectivity index (χ4n) is 2.97. The van der Waals surface area contributed by atoms with E-state index < -0.39 is 17.6 Å². The van der Waals surface area contributed by atoms with Gasteiger partial charge >= 0.3 is 5.97 Å². The monoisotopic (exact) mass is 387 g/mol. The van der Waals surface area contributed by atoms with E-state index in [0.29, 0.717) is 5.52 Å². The van der Waals surface area contributed by atoms with Gasteiger partial charge in [0.15, 0.2) is 0 Å². The van der Waals surface area contributed by atoms with Crippen LogP contribution in [-0.4, -0.2) is 21.8 Å². The van der Waals surface area contributed by atoms with Gasteiger partial charge in [-0.25, -0.2) is 14.2 Å². The molecule has 0 saturated carbocycles. The fourth-order valence-corrected chi connectivity index (χ4v) is 2.97. The number of carboxylic acids is 1. The number of carboxylic acid groups (broad SMARTS) is 1. The number of halogens is 1. The van der Waals surface area contributed by atoms with Gasteiger partial charge in [0.25, 0.3) is 5.78 Å². The second kappa shape index (κ2) is 7.52. The van der Waals surface area contributed by atoms with E-state index in [4.69, 9.17) is 4.42 Å². The standard InChI is InChI=1S/C23H14FNO4/c24-18-7-3-2-6-16(18)21-12-10-15(29-21)13-17(22(26)23(27)28)20-11-9-14-5-1-4-8-19(14)25-20/h1-13H,(H,27,28)/b17-13+. The second-order valence-electron chi connectivity index (χ2n) is 6.26. The number of furan rings is 1. The molecule has 0 spiro atoms. The predicted octanol–water partition coefficient (Wildman–Crippen LogP) is 4.83. The number of Topliss-reactive ketones (excluding diaryl/α,β-unsaturated/α-hetero) is 1. The Labute approximate surface area is 164 Å². The molecule has 2 heterocycles. The molecule has 0 unspecified atom stereocenters. The Kier molecular flexibility index (Phi) is 4.75. The van der Waals surface area contributed by atoms with Gasteiger partial charge in [0, 0.05) is 5.39 Å². The molecule has 2 aromatic carbocycles. The molecule has 0 aliphatic carbocycles. The third-order valence-electron chi connectivity index (χ3n) is 4.37. The number of pyridine rings is 1. The SMILES string of the molecule is O=C(O)C(=O)/C(=C/c1ccc(-c2ccccc2F)o1)c1ccc2ccccc2n1. The van der Waals surface area contributed by atoms with Crippen molar-refractivity contribution in [3.05, 3.63) is 90.1 Å². The van der Waals surface area contributed by atoms with Gasteiger partial charge in [0.05, 0.1) is 22.3 Å². The minimum Gasteiger partial charge on any atom is -0.475 e. The zero-order chi connectivity index (χ0) is 20.4. The van der Waals surface area contributed by atoms with Crippen molar-refractivity contribution in [2.75, 3.05) is 0 Å². The number of fused-ring (bicyclic) bond motifs is 1. The molecule has 142 valence electrons. The number of nitrogens with zero attached hydrogens (tertiary/aromatic N) is 1. The lowest BCUT2D eigenvalue weighted by Crippen LogP contribution is -2.15. The third kappa shape index (κ3) is 3.68. The molecule has 29 heavy (non-hydrogen) atoms. The van der Waals surface area contributed by atoms with Gasteiger partial charge in [0.1, 0.15) is 17.3 Å². The molecule has 0 saturated heterocycles. The normalized spacial score (nSPS) is 11.6. The minimum absolute atomic E-state index is 0.127. The number of hydrogen-bond acceptors (Lipinski definition) is 4. The molecule has 0 radical (unpaired) electrons. The summed E-state index contributed by atoms with van der Waals surface area (Å²) in [6, 6.07) is 19.8. The second-order valence-corrected chi connectivity index (χ2v) is 6.26. The number of hydrogen-bond donors (Lipinski definition) is 1. The third-order valence-corrected chi connectivity index (χ3v) is 4.37. The summed E-state index contributed by atoms with van der Waals surface area (Å²) in [6.45, 7) is 0. The minimum atomic E-state index is -1.60. The fraction of sp³-hybridized carbons (Fsp3) is 0. The van der Waals surface area contributed by atoms with Crippen LogP contribution in [0.25, 0.3) is 33.9 Å². The molecule has 0 atom stereocenters. The predicted molar refractivity (Wildman–Crippen MR) is 106 cm³/mol. The molecule has 4 aromatic rings. The number of para-hydroxylation sites is 1. The molecule has 0 aliphatic rings. The maximum absolute atomic E-state index is 14.0. The number of carbonyl (C=O) groups excluding carboxylic acids is 1.